The quantitative estimate of drug-likeness (QED) is 0.0319. The second kappa shape index (κ2) is 35.1. The SMILES string of the molecule is C(=Cc1cccc(OCc2nn[nH]n2)c1)c1ccc(OCc2ccc3ccccc3n2)cc1.C(=Cc1ccccc1OCCCCc1nn[nH]n1)c1ccc(OCc2ccc3ccccc3n2)cc1.C(=Cc1ccccc1OCc1nn[nH]n1)c1ccc(OCc2ccc3ccccc3n2)cc1. The second-order valence-electron chi connectivity index (χ2n) is 23.1. The Bertz CT molecular complexity index is 5180. The summed E-state index contributed by atoms with van der Waals surface area (Å²) in [6.45, 7) is 2.43. The summed E-state index contributed by atoms with van der Waals surface area (Å²) in [5.41, 5.74) is 11.9. The number of pyridine rings is 3. The number of nitrogens with zero attached hydrogens (tertiary/aromatic N) is 12. The summed E-state index contributed by atoms with van der Waals surface area (Å²) in [7, 11) is 0. The molecule has 0 aliphatic heterocycles. The van der Waals surface area contributed by atoms with E-state index in [0.717, 1.165) is 143 Å². The summed E-state index contributed by atoms with van der Waals surface area (Å²) in [4.78, 5) is 14.0. The summed E-state index contributed by atoms with van der Waals surface area (Å²) >= 11 is 0. The van der Waals surface area contributed by atoms with Crippen molar-refractivity contribution < 1.29 is 28.4 Å². The minimum absolute atomic E-state index is 0.249. The third-order valence-corrected chi connectivity index (χ3v) is 15.8. The van der Waals surface area contributed by atoms with E-state index in [4.69, 9.17) is 28.4 Å². The third-order valence-electron chi connectivity index (χ3n) is 15.8. The van der Waals surface area contributed by atoms with Crippen LogP contribution in [0.5, 0.6) is 34.5 Å². The number of hydrogen-bond donors (Lipinski definition) is 3. The third kappa shape index (κ3) is 20.0. The number of benzene rings is 9. The van der Waals surface area contributed by atoms with Crippen molar-refractivity contribution in [2.45, 2.75) is 52.3 Å². The Morgan fingerprint density at radius 1 is 0.284 bits per heavy atom. The van der Waals surface area contributed by atoms with Gasteiger partial charge in [-0.15, -0.1) is 30.6 Å². The van der Waals surface area contributed by atoms with Crippen LogP contribution in [0.15, 0.2) is 255 Å². The Labute approximate surface area is 587 Å². The molecule has 0 atom stereocenters. The summed E-state index contributed by atoms with van der Waals surface area (Å²) in [5.74, 6) is 6.53. The second-order valence-corrected chi connectivity index (χ2v) is 23.1. The predicted molar refractivity (Wildman–Crippen MR) is 393 cm³/mol. The van der Waals surface area contributed by atoms with Crippen molar-refractivity contribution in [1.29, 1.82) is 0 Å². The van der Waals surface area contributed by atoms with Gasteiger partial charge in [0.05, 0.1) is 40.2 Å². The highest BCUT2D eigenvalue weighted by Gasteiger charge is 2.09. The van der Waals surface area contributed by atoms with Crippen LogP contribution >= 0.6 is 0 Å². The molecule has 0 amide bonds. The molecule has 15 rings (SSSR count). The van der Waals surface area contributed by atoms with Gasteiger partial charge in [0.1, 0.15) is 54.3 Å². The summed E-state index contributed by atoms with van der Waals surface area (Å²) in [6.07, 6.45) is 14.9. The molecule has 504 valence electrons. The molecular weight excluding hydrogens is 1280 g/mol. The molecule has 9 aromatic carbocycles. The van der Waals surface area contributed by atoms with Crippen LogP contribution in [-0.2, 0) is 39.5 Å². The van der Waals surface area contributed by atoms with E-state index in [1.165, 1.54) is 0 Å². The highest BCUT2D eigenvalue weighted by atomic mass is 16.5. The highest BCUT2D eigenvalue weighted by molar-refractivity contribution is 5.80. The lowest BCUT2D eigenvalue weighted by molar-refractivity contribution is 0.295. The Morgan fingerprint density at radius 2 is 0.676 bits per heavy atom. The molecule has 0 aliphatic rings. The monoisotopic (exact) mass is 1350 g/mol. The molecule has 15 aromatic rings. The van der Waals surface area contributed by atoms with Crippen molar-refractivity contribution in [2.75, 3.05) is 6.61 Å². The average Bonchev–Trinajstić information content (AvgIpc) is 1.01. The largest absolute Gasteiger partial charge is 0.493 e. The molecule has 102 heavy (non-hydrogen) atoms. The molecule has 21 heteroatoms. The van der Waals surface area contributed by atoms with Gasteiger partial charge in [0.15, 0.2) is 19.0 Å². The number of nitrogens with one attached hydrogen (secondary N) is 3. The first-order valence-corrected chi connectivity index (χ1v) is 33.1. The molecule has 0 radical (unpaired) electrons. The van der Waals surface area contributed by atoms with Gasteiger partial charge in [-0.1, -0.05) is 210 Å². The number of rotatable bonds is 27. The topological polar surface area (TPSA) is 257 Å². The first kappa shape index (κ1) is 67.0. The standard InChI is InChI=1S/C29H27N5O2.2C26H21N5O2/c1-3-9-27-23(7-1)16-17-25(30-27)21-36-26-18-13-22(14-19-26)12-15-24-8-2-4-10-28(24)35-20-6-5-11-29-31-33-34-32-29;1-3-7-24-20(5-1)13-14-22(27-24)17-32-23-15-10-19(11-16-23)9-12-21-6-2-4-8-25(21)33-18-26-28-30-31-29-26;1-2-7-25-21(5-1)12-13-22(27-25)17-32-23-14-10-19(11-15-23)8-9-20-4-3-6-24(16-20)33-18-26-28-30-31-29-26/h1-4,7-10,12-19H,5-6,11,20-21H2,(H,31,32,33,34);2*1-16H,17-18H2,(H,28,29,30,31). The average molecular weight is 1350 g/mol. The fourth-order valence-corrected chi connectivity index (χ4v) is 10.5. The van der Waals surface area contributed by atoms with Crippen molar-refractivity contribution in [3.05, 3.63) is 323 Å². The lowest BCUT2D eigenvalue weighted by Gasteiger charge is -2.09. The summed E-state index contributed by atoms with van der Waals surface area (Å²) in [5, 5.41) is 44.8. The van der Waals surface area contributed by atoms with E-state index < -0.39 is 0 Å². The highest BCUT2D eigenvalue weighted by Crippen LogP contribution is 2.26. The number of ether oxygens (including phenoxy) is 6. The fourth-order valence-electron chi connectivity index (χ4n) is 10.5. The van der Waals surface area contributed by atoms with Crippen molar-refractivity contribution in [1.82, 2.24) is 76.8 Å². The van der Waals surface area contributed by atoms with Crippen LogP contribution in [0.25, 0.3) is 69.2 Å². The predicted octanol–water partition coefficient (Wildman–Crippen LogP) is 16.1. The molecule has 0 fully saturated rings. The molecule has 21 nitrogen and oxygen atoms in total. The number of aromatic amines is 3. The lowest BCUT2D eigenvalue weighted by Crippen LogP contribution is -2.00. The van der Waals surface area contributed by atoms with Crippen LogP contribution in [-0.4, -0.2) is 83.4 Å². The van der Waals surface area contributed by atoms with Gasteiger partial charge < -0.3 is 28.4 Å². The van der Waals surface area contributed by atoms with Gasteiger partial charge in [0.2, 0.25) is 11.6 Å². The minimum Gasteiger partial charge on any atom is -0.493 e. The maximum absolute atomic E-state index is 6.02. The van der Waals surface area contributed by atoms with Gasteiger partial charge in [0, 0.05) is 33.7 Å². The van der Waals surface area contributed by atoms with Crippen molar-refractivity contribution in [3.8, 4) is 34.5 Å². The van der Waals surface area contributed by atoms with Crippen molar-refractivity contribution in [2.24, 2.45) is 0 Å². The molecular formula is C81H69N15O6. The number of hydrogen-bond acceptors (Lipinski definition) is 18. The normalized spacial score (nSPS) is 11.2. The first-order chi connectivity index (χ1) is 50.5. The van der Waals surface area contributed by atoms with E-state index in [-0.39, 0.29) is 13.2 Å². The number of fused-ring (bicyclic) bond motifs is 3. The van der Waals surface area contributed by atoms with Crippen LogP contribution < -0.4 is 28.4 Å². The van der Waals surface area contributed by atoms with E-state index in [1.807, 2.05) is 237 Å². The van der Waals surface area contributed by atoms with E-state index in [1.54, 1.807) is 0 Å². The van der Waals surface area contributed by atoms with E-state index >= 15 is 0 Å². The van der Waals surface area contributed by atoms with Crippen LogP contribution in [0.2, 0.25) is 0 Å². The van der Waals surface area contributed by atoms with Gasteiger partial charge in [-0.3, -0.25) is 0 Å². The zero-order chi connectivity index (χ0) is 69.0. The smallest absolute Gasteiger partial charge is 0.211 e. The van der Waals surface area contributed by atoms with Crippen molar-refractivity contribution >= 4 is 69.2 Å². The molecule has 6 aromatic heterocycles. The zero-order valence-corrected chi connectivity index (χ0v) is 55.4. The van der Waals surface area contributed by atoms with Crippen LogP contribution in [0.4, 0.5) is 0 Å². The molecule has 0 saturated heterocycles. The summed E-state index contributed by atoms with van der Waals surface area (Å²) < 4.78 is 35.3. The Morgan fingerprint density at radius 3 is 1.14 bits per heavy atom. The van der Waals surface area contributed by atoms with Gasteiger partial charge in [-0.2, -0.15) is 15.6 Å². The molecule has 0 unspecified atom stereocenters. The Hall–Kier alpha value is -13.6. The van der Waals surface area contributed by atoms with Crippen LogP contribution in [0.3, 0.4) is 0 Å². The van der Waals surface area contributed by atoms with Crippen LogP contribution in [0.1, 0.15) is 80.8 Å². The molecule has 0 saturated carbocycles. The summed E-state index contributed by atoms with van der Waals surface area (Å²) in [6, 6.07) is 84.1. The number of aryl methyl sites for hydroxylation is 1. The maximum Gasteiger partial charge on any atom is 0.211 e. The van der Waals surface area contributed by atoms with E-state index in [0.29, 0.717) is 38.1 Å². The van der Waals surface area contributed by atoms with E-state index in [9.17, 15) is 0 Å². The number of para-hydroxylation sites is 5. The van der Waals surface area contributed by atoms with Gasteiger partial charge in [0.25, 0.3) is 0 Å². The first-order valence-electron chi connectivity index (χ1n) is 33.1. The molecule has 6 heterocycles. The molecule has 0 bridgehead atoms. The number of tetrazole rings is 3. The fraction of sp³-hybridized carbons (Fsp3) is 0.111. The Kier molecular flexibility index (Phi) is 23.1. The van der Waals surface area contributed by atoms with Crippen LogP contribution in [0, 0.1) is 0 Å². The number of aromatic nitrogens is 15. The lowest BCUT2D eigenvalue weighted by atomic mass is 10.1. The maximum atomic E-state index is 6.02. The zero-order valence-electron chi connectivity index (χ0n) is 55.4. The molecule has 0 spiro atoms. The van der Waals surface area contributed by atoms with E-state index in [2.05, 4.69) is 131 Å². The van der Waals surface area contributed by atoms with Crippen molar-refractivity contribution in [3.63, 3.8) is 0 Å². The molecule has 3 N–H and O–H groups in total. The minimum atomic E-state index is 0.249. The Balaban J connectivity index is 0.000000137. The number of H-pyrrole nitrogens is 3. The number of unbranched alkanes of at least 4 members (excludes halogenated alkanes) is 1. The van der Waals surface area contributed by atoms with Gasteiger partial charge in [-0.25, -0.2) is 15.0 Å². The molecule has 0 aliphatic carbocycles. The van der Waals surface area contributed by atoms with Gasteiger partial charge in [-0.05, 0) is 132 Å². The van der Waals surface area contributed by atoms with Gasteiger partial charge >= 0.3 is 0 Å².